The molecule has 1 N–H and O–H groups in total. The molecule has 1 aromatic heterocycles. The van der Waals surface area contributed by atoms with Crippen LogP contribution in [0.25, 0.3) is 16.5 Å². The van der Waals surface area contributed by atoms with E-state index in [1.54, 1.807) is 0 Å². The van der Waals surface area contributed by atoms with Crippen LogP contribution < -0.4 is 0 Å². The molecule has 1 aromatic carbocycles. The number of benzene rings is 1. The van der Waals surface area contributed by atoms with E-state index < -0.39 is 24.4 Å². The van der Waals surface area contributed by atoms with E-state index in [1.807, 2.05) is 13.1 Å². The zero-order valence-electron chi connectivity index (χ0n) is 17.5. The highest BCUT2D eigenvalue weighted by Crippen LogP contribution is 2.45. The van der Waals surface area contributed by atoms with Gasteiger partial charge in [-0.1, -0.05) is 18.2 Å². The summed E-state index contributed by atoms with van der Waals surface area (Å²) in [4.78, 5) is 15.1. The van der Waals surface area contributed by atoms with Gasteiger partial charge in [0.1, 0.15) is 5.78 Å². The molecule has 0 fully saturated rings. The number of aryl methyl sites for hydroxylation is 1. The van der Waals surface area contributed by atoms with E-state index in [0.717, 1.165) is 31.9 Å². The summed E-state index contributed by atoms with van der Waals surface area (Å²) in [5.74, 6) is -5.05. The number of rotatable bonds is 5. The Hall–Kier alpha value is -2.05. The second-order valence-corrected chi connectivity index (χ2v) is 9.27. The summed E-state index contributed by atoms with van der Waals surface area (Å²) in [5, 5.41) is 10.7. The van der Waals surface area contributed by atoms with Crippen LogP contribution in [0.15, 0.2) is 24.3 Å². The largest absolute Gasteiger partial charge is 0.396 e. The van der Waals surface area contributed by atoms with Crippen molar-refractivity contribution in [3.63, 3.8) is 0 Å². The molecular weight excluding hydrogens is 386 g/mol. The molecule has 0 saturated carbocycles. The predicted molar refractivity (Wildman–Crippen MR) is 113 cm³/mol. The van der Waals surface area contributed by atoms with Crippen LogP contribution in [0.3, 0.4) is 0 Å². The number of carbonyl (C=O) groups excluding carboxylic acids is 1. The zero-order chi connectivity index (χ0) is 21.2. The summed E-state index contributed by atoms with van der Waals surface area (Å²) in [5.41, 5.74) is 6.51. The van der Waals surface area contributed by atoms with Crippen molar-refractivity contribution in [3.8, 4) is 0 Å². The topological polar surface area (TPSA) is 45.5 Å². The highest BCUT2D eigenvalue weighted by molar-refractivity contribution is 6.00. The Kier molecular flexibility index (Phi) is 4.63. The summed E-state index contributed by atoms with van der Waals surface area (Å²) < 4.78 is 29.9. The normalized spacial score (nSPS) is 24.5. The van der Waals surface area contributed by atoms with Crippen LogP contribution in [0.5, 0.6) is 0 Å². The third kappa shape index (κ3) is 2.95. The summed E-state index contributed by atoms with van der Waals surface area (Å²) in [6.07, 6.45) is 4.97. The molecule has 0 saturated heterocycles. The van der Waals surface area contributed by atoms with Gasteiger partial charge >= 0.3 is 0 Å². The SMILES string of the molecule is CN1CC(C(=O)CC(CO)C(C)(F)F)C=C2c3cccc4c3c(c3n4CCC3)CC21. The molecule has 160 valence electrons. The molecule has 1 aliphatic carbocycles. The summed E-state index contributed by atoms with van der Waals surface area (Å²) in [6, 6.07) is 6.61. The van der Waals surface area contributed by atoms with Crippen molar-refractivity contribution < 1.29 is 18.7 Å². The first kappa shape index (κ1) is 19.9. The Morgan fingerprint density at radius 3 is 2.90 bits per heavy atom. The number of likely N-dealkylation sites (N-methyl/N-ethyl adjacent to an activating group) is 1. The number of carbonyl (C=O) groups is 1. The average Bonchev–Trinajstić information content (AvgIpc) is 3.29. The average molecular weight is 414 g/mol. The molecule has 6 heteroatoms. The van der Waals surface area contributed by atoms with Crippen molar-refractivity contribution in [2.75, 3.05) is 20.2 Å². The van der Waals surface area contributed by atoms with Crippen molar-refractivity contribution in [1.82, 2.24) is 9.47 Å². The predicted octanol–water partition coefficient (Wildman–Crippen LogP) is 3.68. The Morgan fingerprint density at radius 2 is 2.17 bits per heavy atom. The molecule has 3 atom stereocenters. The number of ketones is 1. The maximum atomic E-state index is 13.7. The number of aliphatic hydroxyl groups excluding tert-OH is 1. The van der Waals surface area contributed by atoms with Gasteiger partial charge in [0.25, 0.3) is 5.92 Å². The number of nitrogens with zero attached hydrogens (tertiary/aromatic N) is 2. The number of alkyl halides is 2. The van der Waals surface area contributed by atoms with E-state index in [0.29, 0.717) is 6.54 Å². The molecule has 5 rings (SSSR count). The Labute approximate surface area is 175 Å². The number of hydrogen-bond donors (Lipinski definition) is 1. The van der Waals surface area contributed by atoms with Gasteiger partial charge in [-0.15, -0.1) is 0 Å². The minimum Gasteiger partial charge on any atom is -0.396 e. The van der Waals surface area contributed by atoms with E-state index in [2.05, 4.69) is 27.7 Å². The van der Waals surface area contributed by atoms with Crippen LogP contribution in [-0.4, -0.2) is 52.5 Å². The van der Waals surface area contributed by atoms with Gasteiger partial charge in [0.05, 0.1) is 12.5 Å². The number of fused-ring (bicyclic) bond motifs is 5. The highest BCUT2D eigenvalue weighted by atomic mass is 19.3. The van der Waals surface area contributed by atoms with Gasteiger partial charge < -0.3 is 9.67 Å². The first-order valence-corrected chi connectivity index (χ1v) is 10.9. The molecule has 0 amide bonds. The standard InChI is InChI=1S/C24H28F2N2O2/c1-24(25,26)15(13-29)10-22(30)14-9-17-16-5-3-6-20-23(16)18(11-21(17)27(2)12-14)19-7-4-8-28(19)20/h3,5-6,9,14-15,21,29H,4,7-8,10-13H2,1-2H3. The van der Waals surface area contributed by atoms with E-state index in [9.17, 15) is 18.7 Å². The van der Waals surface area contributed by atoms with Crippen LogP contribution in [0.2, 0.25) is 0 Å². The molecule has 3 aliphatic rings. The lowest BCUT2D eigenvalue weighted by molar-refractivity contribution is -0.129. The second kappa shape index (κ2) is 6.99. The van der Waals surface area contributed by atoms with Gasteiger partial charge in [-0.3, -0.25) is 9.69 Å². The number of aromatic nitrogens is 1. The fraction of sp³-hybridized carbons (Fsp3) is 0.542. The van der Waals surface area contributed by atoms with Crippen LogP contribution in [0.4, 0.5) is 8.78 Å². The molecular formula is C24H28F2N2O2. The molecule has 4 nitrogen and oxygen atoms in total. The fourth-order valence-corrected chi connectivity index (χ4v) is 5.72. The van der Waals surface area contributed by atoms with E-state index in [1.165, 1.54) is 34.1 Å². The zero-order valence-corrected chi connectivity index (χ0v) is 17.5. The van der Waals surface area contributed by atoms with Crippen molar-refractivity contribution in [2.45, 2.75) is 51.1 Å². The highest BCUT2D eigenvalue weighted by Gasteiger charge is 2.40. The van der Waals surface area contributed by atoms with Crippen molar-refractivity contribution >= 4 is 22.3 Å². The first-order valence-electron chi connectivity index (χ1n) is 10.9. The number of Topliss-reactive ketones (excluding diaryl/α,β-unsaturated/α-hetero) is 1. The smallest absolute Gasteiger partial charge is 0.250 e. The molecule has 3 heterocycles. The second-order valence-electron chi connectivity index (χ2n) is 9.27. The van der Waals surface area contributed by atoms with Gasteiger partial charge in [0.15, 0.2) is 0 Å². The Morgan fingerprint density at radius 1 is 1.37 bits per heavy atom. The quantitative estimate of drug-likeness (QED) is 0.812. The molecule has 0 spiro atoms. The number of hydrogen-bond acceptors (Lipinski definition) is 3. The van der Waals surface area contributed by atoms with Gasteiger partial charge in [0, 0.05) is 48.1 Å². The minimum absolute atomic E-state index is 0.209. The van der Waals surface area contributed by atoms with Gasteiger partial charge in [-0.2, -0.15) is 0 Å². The summed E-state index contributed by atoms with van der Waals surface area (Å²) >= 11 is 0. The molecule has 0 bridgehead atoms. The lowest BCUT2D eigenvalue weighted by atomic mass is 9.77. The van der Waals surface area contributed by atoms with Crippen molar-refractivity contribution in [2.24, 2.45) is 11.8 Å². The van der Waals surface area contributed by atoms with Crippen LogP contribution in [0.1, 0.15) is 36.6 Å². The maximum absolute atomic E-state index is 13.7. The lowest BCUT2D eigenvalue weighted by Crippen LogP contribution is -2.45. The van der Waals surface area contributed by atoms with Crippen LogP contribution >= 0.6 is 0 Å². The molecule has 0 radical (unpaired) electrons. The van der Waals surface area contributed by atoms with E-state index in [4.69, 9.17) is 0 Å². The number of halogens is 2. The number of aliphatic hydroxyl groups is 1. The molecule has 3 unspecified atom stereocenters. The van der Waals surface area contributed by atoms with Gasteiger partial charge in [-0.05, 0) is 56.0 Å². The molecule has 2 aliphatic heterocycles. The fourth-order valence-electron chi connectivity index (χ4n) is 5.72. The summed E-state index contributed by atoms with van der Waals surface area (Å²) in [7, 11) is 2.03. The van der Waals surface area contributed by atoms with Crippen LogP contribution in [0, 0.1) is 11.8 Å². The lowest BCUT2D eigenvalue weighted by Gasteiger charge is -2.40. The van der Waals surface area contributed by atoms with Crippen LogP contribution in [-0.2, 0) is 24.2 Å². The Bertz CT molecular complexity index is 1050. The summed E-state index contributed by atoms with van der Waals surface area (Å²) in [6.45, 7) is 1.68. The third-order valence-corrected chi connectivity index (χ3v) is 7.37. The third-order valence-electron chi connectivity index (χ3n) is 7.37. The first-order chi connectivity index (χ1) is 14.3. The van der Waals surface area contributed by atoms with E-state index >= 15 is 0 Å². The monoisotopic (exact) mass is 414 g/mol. The molecule has 2 aromatic rings. The minimum atomic E-state index is -3.07. The van der Waals surface area contributed by atoms with E-state index in [-0.39, 0.29) is 18.2 Å². The van der Waals surface area contributed by atoms with Gasteiger partial charge in [-0.25, -0.2) is 8.78 Å². The molecule has 30 heavy (non-hydrogen) atoms. The van der Waals surface area contributed by atoms with Crippen molar-refractivity contribution in [3.05, 3.63) is 41.1 Å². The maximum Gasteiger partial charge on any atom is 0.250 e. The van der Waals surface area contributed by atoms with Crippen molar-refractivity contribution in [1.29, 1.82) is 0 Å². The van der Waals surface area contributed by atoms with Gasteiger partial charge in [0.2, 0.25) is 0 Å². The Balaban J connectivity index is 1.54.